The van der Waals surface area contributed by atoms with Gasteiger partial charge in [-0.2, -0.15) is 0 Å². The fraction of sp³-hybridized carbons (Fsp3) is 0. The zero-order valence-corrected chi connectivity index (χ0v) is 7.27. The van der Waals surface area contributed by atoms with Gasteiger partial charge in [-0.05, 0) is 11.5 Å². The molecule has 2 aromatic rings. The molecular weight excluding hydrogens is 226 g/mol. The van der Waals surface area contributed by atoms with E-state index < -0.39 is 5.97 Å². The molecule has 2 aromatic carbocycles. The number of aromatic hydroxyl groups is 1. The molecule has 2 N–H and O–H groups in total. The van der Waals surface area contributed by atoms with Crippen LogP contribution in [0.25, 0.3) is 10.8 Å². The Morgan fingerprint density at radius 3 is 2.25 bits per heavy atom. The van der Waals surface area contributed by atoms with Crippen molar-refractivity contribution >= 4 is 75.9 Å². The standard InChI is InChI=1S/C11H8O3.2Na.2H/c12-10-8-4-2-1-3-7(8)5-6-9(10)11(13)14;;;;/h1-6,12H,(H,13,14);;;;. The van der Waals surface area contributed by atoms with E-state index in [0.29, 0.717) is 5.39 Å². The molecular formula is C11H10Na2O3. The van der Waals surface area contributed by atoms with Gasteiger partial charge in [-0.1, -0.05) is 30.3 Å². The molecule has 0 saturated heterocycles. The molecule has 0 fully saturated rings. The quantitative estimate of drug-likeness (QED) is 0.725. The number of carboxylic acid groups (broad SMARTS) is 1. The average molecular weight is 236 g/mol. The van der Waals surface area contributed by atoms with E-state index in [1.165, 1.54) is 6.07 Å². The number of rotatable bonds is 1. The van der Waals surface area contributed by atoms with E-state index >= 15 is 0 Å². The second kappa shape index (κ2) is 6.64. The van der Waals surface area contributed by atoms with Crippen molar-refractivity contribution in [3.8, 4) is 5.75 Å². The first-order chi connectivity index (χ1) is 6.70. The summed E-state index contributed by atoms with van der Waals surface area (Å²) >= 11 is 0. The van der Waals surface area contributed by atoms with Gasteiger partial charge in [0, 0.05) is 5.39 Å². The fourth-order valence-corrected chi connectivity index (χ4v) is 1.43. The number of benzene rings is 2. The van der Waals surface area contributed by atoms with Gasteiger partial charge in [0.15, 0.2) is 0 Å². The van der Waals surface area contributed by atoms with Gasteiger partial charge in [-0.25, -0.2) is 4.79 Å². The van der Waals surface area contributed by atoms with E-state index in [2.05, 4.69) is 0 Å². The third-order valence-electron chi connectivity index (χ3n) is 2.13. The zero-order valence-electron chi connectivity index (χ0n) is 7.27. The van der Waals surface area contributed by atoms with E-state index in [1.54, 1.807) is 18.2 Å². The summed E-state index contributed by atoms with van der Waals surface area (Å²) in [6.45, 7) is 0. The van der Waals surface area contributed by atoms with Crippen molar-refractivity contribution in [2.75, 3.05) is 0 Å². The van der Waals surface area contributed by atoms with Crippen LogP contribution < -0.4 is 0 Å². The van der Waals surface area contributed by atoms with Crippen LogP contribution in [0.4, 0.5) is 0 Å². The first-order valence-electron chi connectivity index (χ1n) is 4.14. The van der Waals surface area contributed by atoms with E-state index in [1.807, 2.05) is 12.1 Å². The van der Waals surface area contributed by atoms with Crippen molar-refractivity contribution in [2.45, 2.75) is 0 Å². The van der Waals surface area contributed by atoms with Crippen molar-refractivity contribution < 1.29 is 15.0 Å². The molecule has 0 aliphatic rings. The summed E-state index contributed by atoms with van der Waals surface area (Å²) in [5, 5.41) is 19.8. The molecule has 2 rings (SSSR count). The Hall–Kier alpha value is -0.0300. The van der Waals surface area contributed by atoms with Crippen LogP contribution in [0.15, 0.2) is 36.4 Å². The van der Waals surface area contributed by atoms with E-state index in [0.717, 1.165) is 5.39 Å². The monoisotopic (exact) mass is 236 g/mol. The normalized spacial score (nSPS) is 9.00. The molecule has 0 aliphatic heterocycles. The molecule has 0 aromatic heterocycles. The number of hydrogen-bond acceptors (Lipinski definition) is 2. The molecule has 3 nitrogen and oxygen atoms in total. The zero-order chi connectivity index (χ0) is 10.1. The van der Waals surface area contributed by atoms with Crippen LogP contribution in [0, 0.1) is 0 Å². The topological polar surface area (TPSA) is 57.5 Å². The summed E-state index contributed by atoms with van der Waals surface area (Å²) in [6.07, 6.45) is 0. The Morgan fingerprint density at radius 1 is 1.00 bits per heavy atom. The van der Waals surface area contributed by atoms with Gasteiger partial charge in [-0.3, -0.25) is 0 Å². The maximum absolute atomic E-state index is 10.7. The Morgan fingerprint density at radius 2 is 1.62 bits per heavy atom. The molecule has 0 radical (unpaired) electrons. The SMILES string of the molecule is O=C(O)c1ccc2ccccc2c1O.[NaH].[NaH]. The van der Waals surface area contributed by atoms with Crippen molar-refractivity contribution in [2.24, 2.45) is 0 Å². The first-order valence-corrected chi connectivity index (χ1v) is 4.14. The summed E-state index contributed by atoms with van der Waals surface area (Å²) in [7, 11) is 0. The van der Waals surface area contributed by atoms with Crippen LogP contribution >= 0.6 is 0 Å². The summed E-state index contributed by atoms with van der Waals surface area (Å²) in [5.41, 5.74) is -0.0660. The minimum absolute atomic E-state index is 0. The number of hydrogen-bond donors (Lipinski definition) is 2. The van der Waals surface area contributed by atoms with Crippen LogP contribution in [-0.2, 0) is 0 Å². The van der Waals surface area contributed by atoms with E-state index in [4.69, 9.17) is 5.11 Å². The Balaban J connectivity index is 0.00000112. The van der Waals surface area contributed by atoms with Gasteiger partial charge >= 0.3 is 65.1 Å². The molecule has 16 heavy (non-hydrogen) atoms. The molecule has 0 spiro atoms. The number of aromatic carboxylic acids is 1. The van der Waals surface area contributed by atoms with E-state index in [-0.39, 0.29) is 70.4 Å². The minimum atomic E-state index is -1.12. The number of carboxylic acids is 1. The Kier molecular flexibility index (Phi) is 6.63. The summed E-state index contributed by atoms with van der Waals surface area (Å²) < 4.78 is 0. The molecule has 0 aliphatic carbocycles. The second-order valence-corrected chi connectivity index (χ2v) is 2.99. The molecule has 5 heteroatoms. The van der Waals surface area contributed by atoms with Gasteiger partial charge in [0.05, 0.1) is 0 Å². The number of carbonyl (C=O) groups is 1. The molecule has 0 unspecified atom stereocenters. The molecule has 0 saturated carbocycles. The van der Waals surface area contributed by atoms with Crippen LogP contribution in [0.2, 0.25) is 0 Å². The second-order valence-electron chi connectivity index (χ2n) is 2.99. The van der Waals surface area contributed by atoms with Crippen LogP contribution in [0.1, 0.15) is 10.4 Å². The van der Waals surface area contributed by atoms with Crippen LogP contribution in [-0.4, -0.2) is 75.3 Å². The van der Waals surface area contributed by atoms with Gasteiger partial charge < -0.3 is 10.2 Å². The summed E-state index contributed by atoms with van der Waals surface area (Å²) in [4.78, 5) is 10.7. The number of phenols is 1. The van der Waals surface area contributed by atoms with Crippen LogP contribution in [0.3, 0.4) is 0 Å². The van der Waals surface area contributed by atoms with Crippen molar-refractivity contribution in [3.63, 3.8) is 0 Å². The first kappa shape index (κ1) is 16.0. The molecule has 0 heterocycles. The third kappa shape index (κ3) is 3.00. The maximum atomic E-state index is 10.7. The number of fused-ring (bicyclic) bond motifs is 1. The van der Waals surface area contributed by atoms with Gasteiger partial charge in [0.25, 0.3) is 0 Å². The molecule has 0 atom stereocenters. The fourth-order valence-electron chi connectivity index (χ4n) is 1.43. The summed E-state index contributed by atoms with van der Waals surface area (Å²) in [5.74, 6) is -1.29. The van der Waals surface area contributed by atoms with Crippen molar-refractivity contribution in [1.29, 1.82) is 0 Å². The molecule has 74 valence electrons. The van der Waals surface area contributed by atoms with Gasteiger partial charge in [0.2, 0.25) is 0 Å². The molecule has 0 amide bonds. The van der Waals surface area contributed by atoms with E-state index in [9.17, 15) is 9.90 Å². The van der Waals surface area contributed by atoms with Crippen LogP contribution in [0.5, 0.6) is 5.75 Å². The van der Waals surface area contributed by atoms with Gasteiger partial charge in [0.1, 0.15) is 11.3 Å². The predicted molar refractivity (Wildman–Crippen MR) is 66.9 cm³/mol. The Labute approximate surface area is 137 Å². The Bertz CT molecular complexity index is 512. The average Bonchev–Trinajstić information content (AvgIpc) is 2.18. The summed E-state index contributed by atoms with van der Waals surface area (Å²) in [6, 6.07) is 10.2. The van der Waals surface area contributed by atoms with Crippen molar-refractivity contribution in [1.82, 2.24) is 0 Å². The predicted octanol–water partition coefficient (Wildman–Crippen LogP) is 0.947. The third-order valence-corrected chi connectivity index (χ3v) is 2.13. The van der Waals surface area contributed by atoms with Crippen molar-refractivity contribution in [3.05, 3.63) is 42.0 Å². The molecule has 0 bridgehead atoms. The van der Waals surface area contributed by atoms with Gasteiger partial charge in [-0.15, -0.1) is 0 Å².